The topological polar surface area (TPSA) is 99.0 Å². The lowest BCUT2D eigenvalue weighted by atomic mass is 10.1. The van der Waals surface area contributed by atoms with Crippen molar-refractivity contribution >= 4 is 5.97 Å². The van der Waals surface area contributed by atoms with Gasteiger partial charge in [0.1, 0.15) is 11.8 Å². The van der Waals surface area contributed by atoms with Crippen LogP contribution in [0.15, 0.2) is 24.3 Å². The monoisotopic (exact) mass is 269 g/mol. The quantitative estimate of drug-likeness (QED) is 0.470. The number of benzene rings is 1. The summed E-state index contributed by atoms with van der Waals surface area (Å²) in [6.45, 7) is 0.947. The molecule has 0 aliphatic rings. The Morgan fingerprint density at radius 1 is 1.26 bits per heavy atom. The van der Waals surface area contributed by atoms with Gasteiger partial charge in [0.15, 0.2) is 0 Å². The van der Waals surface area contributed by atoms with Crippen LogP contribution in [0.2, 0.25) is 0 Å². The number of carboxylic acid groups (broad SMARTS) is 1. The van der Waals surface area contributed by atoms with Crippen molar-refractivity contribution in [3.8, 4) is 5.75 Å². The van der Waals surface area contributed by atoms with E-state index in [2.05, 4.69) is 5.32 Å². The summed E-state index contributed by atoms with van der Waals surface area (Å²) < 4.78 is 5.04. The molecule has 0 amide bonds. The highest BCUT2D eigenvalue weighted by atomic mass is 16.5. The van der Waals surface area contributed by atoms with Gasteiger partial charge in [-0.05, 0) is 24.1 Å². The molecule has 0 aliphatic heterocycles. The number of phenolic OH excluding ortho intramolecular Hbond substituents is 1. The van der Waals surface area contributed by atoms with Crippen LogP contribution in [0.1, 0.15) is 5.56 Å². The summed E-state index contributed by atoms with van der Waals surface area (Å²) in [5, 5.41) is 29.6. The van der Waals surface area contributed by atoms with E-state index in [1.807, 2.05) is 0 Å². The number of phenols is 1. The summed E-state index contributed by atoms with van der Waals surface area (Å²) in [4.78, 5) is 11.1. The summed E-state index contributed by atoms with van der Waals surface area (Å²) in [7, 11) is 0. The smallest absolute Gasteiger partial charge is 0.321 e. The molecule has 0 heterocycles. The minimum Gasteiger partial charge on any atom is -0.508 e. The molecule has 0 unspecified atom stereocenters. The van der Waals surface area contributed by atoms with Gasteiger partial charge < -0.3 is 25.4 Å². The van der Waals surface area contributed by atoms with Gasteiger partial charge >= 0.3 is 5.97 Å². The van der Waals surface area contributed by atoms with E-state index in [9.17, 15) is 4.79 Å². The van der Waals surface area contributed by atoms with E-state index in [1.165, 1.54) is 12.1 Å². The van der Waals surface area contributed by atoms with Crippen molar-refractivity contribution in [2.75, 3.05) is 26.4 Å². The number of carboxylic acids is 1. The summed E-state index contributed by atoms with van der Waals surface area (Å²) in [5.41, 5.74) is 0.828. The third-order valence-corrected chi connectivity index (χ3v) is 2.55. The highest BCUT2D eigenvalue weighted by Gasteiger charge is 2.16. The molecule has 6 heteroatoms. The number of ether oxygens (including phenoxy) is 1. The van der Waals surface area contributed by atoms with Crippen LogP contribution in [0, 0.1) is 0 Å². The average molecular weight is 269 g/mol. The zero-order chi connectivity index (χ0) is 14.1. The Labute approximate surface area is 111 Å². The molecule has 0 aromatic heterocycles. The maximum absolute atomic E-state index is 11.1. The molecule has 0 saturated carbocycles. The summed E-state index contributed by atoms with van der Waals surface area (Å²) in [6, 6.07) is 5.73. The number of aliphatic hydroxyl groups is 1. The van der Waals surface area contributed by atoms with Gasteiger partial charge in [-0.2, -0.15) is 0 Å². The van der Waals surface area contributed by atoms with Crippen molar-refractivity contribution in [3.63, 3.8) is 0 Å². The Kier molecular flexibility index (Phi) is 6.88. The fourth-order valence-corrected chi connectivity index (χ4v) is 1.59. The lowest BCUT2D eigenvalue weighted by molar-refractivity contribution is -0.139. The third-order valence-electron chi connectivity index (χ3n) is 2.55. The SMILES string of the molecule is O=C(O)[C@H](Cc1ccc(O)cc1)NCCOCCO. The van der Waals surface area contributed by atoms with Gasteiger partial charge in [-0.15, -0.1) is 0 Å². The van der Waals surface area contributed by atoms with Crippen molar-refractivity contribution in [2.45, 2.75) is 12.5 Å². The molecule has 0 spiro atoms. The number of carbonyl (C=O) groups is 1. The number of hydrogen-bond acceptors (Lipinski definition) is 5. The maximum Gasteiger partial charge on any atom is 0.321 e. The van der Waals surface area contributed by atoms with Crippen LogP contribution >= 0.6 is 0 Å². The van der Waals surface area contributed by atoms with E-state index < -0.39 is 12.0 Å². The number of rotatable bonds is 9. The lowest BCUT2D eigenvalue weighted by Gasteiger charge is -2.14. The molecule has 0 aliphatic carbocycles. The molecule has 1 rings (SSSR count). The second-order valence-electron chi connectivity index (χ2n) is 4.05. The van der Waals surface area contributed by atoms with Crippen LogP contribution in [0.3, 0.4) is 0 Å². The van der Waals surface area contributed by atoms with E-state index in [0.29, 0.717) is 19.6 Å². The molecule has 6 nitrogen and oxygen atoms in total. The van der Waals surface area contributed by atoms with Crippen LogP contribution in [0.25, 0.3) is 0 Å². The second kappa shape index (κ2) is 8.47. The van der Waals surface area contributed by atoms with Gasteiger partial charge in [-0.1, -0.05) is 12.1 Å². The largest absolute Gasteiger partial charge is 0.508 e. The minimum atomic E-state index is -0.935. The van der Waals surface area contributed by atoms with E-state index in [0.717, 1.165) is 5.56 Å². The van der Waals surface area contributed by atoms with Gasteiger partial charge in [0.05, 0.1) is 19.8 Å². The fraction of sp³-hybridized carbons (Fsp3) is 0.462. The van der Waals surface area contributed by atoms with Gasteiger partial charge in [0, 0.05) is 6.54 Å². The first-order chi connectivity index (χ1) is 9.13. The summed E-state index contributed by atoms with van der Waals surface area (Å²) in [5.74, 6) is -0.781. The van der Waals surface area contributed by atoms with Crippen LogP contribution in [0.4, 0.5) is 0 Å². The van der Waals surface area contributed by atoms with Crippen molar-refractivity contribution in [1.29, 1.82) is 0 Å². The minimum absolute atomic E-state index is 0.0458. The molecule has 0 radical (unpaired) electrons. The Hall–Kier alpha value is -1.63. The van der Waals surface area contributed by atoms with E-state index in [1.54, 1.807) is 12.1 Å². The number of aromatic hydroxyl groups is 1. The molecule has 4 N–H and O–H groups in total. The molecule has 0 fully saturated rings. The molecular weight excluding hydrogens is 250 g/mol. The molecule has 1 aromatic carbocycles. The third kappa shape index (κ3) is 6.19. The van der Waals surface area contributed by atoms with Gasteiger partial charge in [-0.25, -0.2) is 0 Å². The Bertz CT molecular complexity index is 379. The molecule has 0 bridgehead atoms. The summed E-state index contributed by atoms with van der Waals surface area (Å²) >= 11 is 0. The van der Waals surface area contributed by atoms with Gasteiger partial charge in [0.25, 0.3) is 0 Å². The lowest BCUT2D eigenvalue weighted by Crippen LogP contribution is -2.40. The molecule has 1 atom stereocenters. The summed E-state index contributed by atoms with van der Waals surface area (Å²) in [6.07, 6.45) is 0.329. The molecule has 19 heavy (non-hydrogen) atoms. The average Bonchev–Trinajstić information content (AvgIpc) is 2.39. The standard InChI is InChI=1S/C13H19NO5/c15-6-8-19-7-5-14-12(13(17)18)9-10-1-3-11(16)4-2-10/h1-4,12,14-16H,5-9H2,(H,17,18)/t12-/m0/s1. The van der Waals surface area contributed by atoms with Gasteiger partial charge in [-0.3, -0.25) is 4.79 Å². The van der Waals surface area contributed by atoms with Crippen molar-refractivity contribution in [3.05, 3.63) is 29.8 Å². The number of aliphatic hydroxyl groups excluding tert-OH is 1. The predicted octanol–water partition coefficient (Wildman–Crippen LogP) is -0.0136. The Morgan fingerprint density at radius 3 is 2.53 bits per heavy atom. The fourth-order valence-electron chi connectivity index (χ4n) is 1.59. The van der Waals surface area contributed by atoms with Crippen LogP contribution in [0.5, 0.6) is 5.75 Å². The Balaban J connectivity index is 2.40. The molecule has 1 aromatic rings. The Morgan fingerprint density at radius 2 is 1.95 bits per heavy atom. The molecular formula is C13H19NO5. The maximum atomic E-state index is 11.1. The number of aliphatic carboxylic acids is 1. The van der Waals surface area contributed by atoms with Crippen molar-refractivity contribution in [2.24, 2.45) is 0 Å². The predicted molar refractivity (Wildman–Crippen MR) is 69.1 cm³/mol. The highest BCUT2D eigenvalue weighted by Crippen LogP contribution is 2.11. The number of nitrogens with one attached hydrogen (secondary N) is 1. The van der Waals surface area contributed by atoms with Crippen molar-refractivity contribution in [1.82, 2.24) is 5.32 Å². The van der Waals surface area contributed by atoms with Gasteiger partial charge in [0.2, 0.25) is 0 Å². The van der Waals surface area contributed by atoms with Crippen LogP contribution < -0.4 is 5.32 Å². The van der Waals surface area contributed by atoms with E-state index in [-0.39, 0.29) is 19.0 Å². The first-order valence-corrected chi connectivity index (χ1v) is 6.06. The van der Waals surface area contributed by atoms with Crippen LogP contribution in [-0.4, -0.2) is 53.7 Å². The second-order valence-corrected chi connectivity index (χ2v) is 4.05. The van der Waals surface area contributed by atoms with E-state index >= 15 is 0 Å². The normalized spacial score (nSPS) is 12.3. The van der Waals surface area contributed by atoms with Crippen LogP contribution in [-0.2, 0) is 16.0 Å². The zero-order valence-corrected chi connectivity index (χ0v) is 10.6. The van der Waals surface area contributed by atoms with Crippen molar-refractivity contribution < 1.29 is 24.9 Å². The first kappa shape index (κ1) is 15.4. The first-order valence-electron chi connectivity index (χ1n) is 6.06. The highest BCUT2D eigenvalue weighted by molar-refractivity contribution is 5.73. The zero-order valence-electron chi connectivity index (χ0n) is 10.6. The molecule has 0 saturated heterocycles. The number of hydrogen-bond donors (Lipinski definition) is 4. The molecule has 106 valence electrons. The van der Waals surface area contributed by atoms with E-state index in [4.69, 9.17) is 20.1 Å².